The van der Waals surface area contributed by atoms with Gasteiger partial charge in [0.15, 0.2) is 6.10 Å². The van der Waals surface area contributed by atoms with Gasteiger partial charge in [-0.15, -0.1) is 11.3 Å². The van der Waals surface area contributed by atoms with Crippen LogP contribution in [-0.2, 0) is 9.53 Å². The van der Waals surface area contributed by atoms with E-state index in [1.54, 1.807) is 17.5 Å². The third-order valence-electron chi connectivity index (χ3n) is 5.21. The zero-order valence-electron chi connectivity index (χ0n) is 17.2. The van der Waals surface area contributed by atoms with Gasteiger partial charge in [0.1, 0.15) is 16.8 Å². The van der Waals surface area contributed by atoms with E-state index in [9.17, 15) is 19.7 Å². The second kappa shape index (κ2) is 9.57. The van der Waals surface area contributed by atoms with Gasteiger partial charge in [0.25, 0.3) is 11.6 Å². The Labute approximate surface area is 183 Å². The molecule has 1 aromatic carbocycles. The van der Waals surface area contributed by atoms with Crippen LogP contribution in [0.15, 0.2) is 29.6 Å². The Hall–Kier alpha value is -3.45. The summed E-state index contributed by atoms with van der Waals surface area (Å²) in [5.74, 6) is -0.854. The highest BCUT2D eigenvalue weighted by Gasteiger charge is 2.26. The first-order valence-corrected chi connectivity index (χ1v) is 10.7. The maximum atomic E-state index is 12.5. The van der Waals surface area contributed by atoms with Gasteiger partial charge in [-0.1, -0.05) is 6.92 Å². The van der Waals surface area contributed by atoms with Gasteiger partial charge in [-0.25, -0.2) is 4.79 Å². The van der Waals surface area contributed by atoms with Crippen LogP contribution in [0.4, 0.5) is 16.4 Å². The molecule has 1 fully saturated rings. The molecular formula is C21H22N4O5S. The molecule has 0 spiro atoms. The molecule has 162 valence electrons. The molecule has 0 bridgehead atoms. The molecule has 10 heteroatoms. The highest BCUT2D eigenvalue weighted by Crippen LogP contribution is 2.32. The standard InChI is InChI=1S/C21H22N4O5S/c1-13-5-8-24(9-6-13)17-4-3-15(11-18(17)25(28)29)21(27)30-14(2)19(26)23-20-16(12-22)7-10-31-20/h3-4,7,10-11,13-14H,5-6,8-9H2,1-2H3,(H,23,26). The number of rotatable bonds is 6. The summed E-state index contributed by atoms with van der Waals surface area (Å²) in [7, 11) is 0. The summed E-state index contributed by atoms with van der Waals surface area (Å²) < 4.78 is 5.19. The van der Waals surface area contributed by atoms with E-state index < -0.39 is 22.9 Å². The number of nitrogens with zero attached hydrogens (tertiary/aromatic N) is 3. The maximum absolute atomic E-state index is 12.5. The molecular weight excluding hydrogens is 420 g/mol. The summed E-state index contributed by atoms with van der Waals surface area (Å²) in [6.45, 7) is 4.99. The average molecular weight is 442 g/mol. The monoisotopic (exact) mass is 442 g/mol. The summed E-state index contributed by atoms with van der Waals surface area (Å²) in [6.07, 6.45) is 0.750. The van der Waals surface area contributed by atoms with E-state index in [0.717, 1.165) is 25.9 Å². The van der Waals surface area contributed by atoms with Crippen LogP contribution >= 0.6 is 11.3 Å². The van der Waals surface area contributed by atoms with Crippen LogP contribution in [0.25, 0.3) is 0 Å². The number of ether oxygens (including phenoxy) is 1. The van der Waals surface area contributed by atoms with Crippen LogP contribution in [-0.4, -0.2) is 36.0 Å². The molecule has 1 unspecified atom stereocenters. The van der Waals surface area contributed by atoms with Gasteiger partial charge in [0, 0.05) is 19.2 Å². The highest BCUT2D eigenvalue weighted by molar-refractivity contribution is 7.14. The lowest BCUT2D eigenvalue weighted by Crippen LogP contribution is -2.33. The first kappa shape index (κ1) is 22.2. The Kier molecular flexibility index (Phi) is 6.87. The van der Waals surface area contributed by atoms with Crippen molar-refractivity contribution in [2.75, 3.05) is 23.3 Å². The fourth-order valence-electron chi connectivity index (χ4n) is 3.30. The number of piperidine rings is 1. The van der Waals surface area contributed by atoms with Crippen LogP contribution < -0.4 is 10.2 Å². The number of thiophene rings is 1. The number of carbonyl (C=O) groups is 2. The van der Waals surface area contributed by atoms with Crippen molar-refractivity contribution in [1.82, 2.24) is 0 Å². The number of nitriles is 1. The fraction of sp³-hybridized carbons (Fsp3) is 0.381. The first-order valence-electron chi connectivity index (χ1n) is 9.83. The van der Waals surface area contributed by atoms with Crippen molar-refractivity contribution in [2.24, 2.45) is 5.92 Å². The molecule has 1 saturated heterocycles. The lowest BCUT2D eigenvalue weighted by molar-refractivity contribution is -0.384. The summed E-state index contributed by atoms with van der Waals surface area (Å²) in [4.78, 5) is 37.9. The highest BCUT2D eigenvalue weighted by atomic mass is 32.1. The molecule has 0 radical (unpaired) electrons. The number of amides is 1. The van der Waals surface area contributed by atoms with E-state index >= 15 is 0 Å². The fourth-order valence-corrected chi connectivity index (χ4v) is 4.04. The third kappa shape index (κ3) is 5.19. The number of nitro benzene ring substituents is 1. The molecule has 1 aliphatic rings. The topological polar surface area (TPSA) is 126 Å². The van der Waals surface area contributed by atoms with Crippen molar-refractivity contribution >= 4 is 39.6 Å². The van der Waals surface area contributed by atoms with Gasteiger partial charge in [-0.2, -0.15) is 5.26 Å². The van der Waals surface area contributed by atoms with Crippen molar-refractivity contribution < 1.29 is 19.2 Å². The summed E-state index contributed by atoms with van der Waals surface area (Å²) in [5.41, 5.74) is 0.615. The largest absolute Gasteiger partial charge is 0.449 e. The smallest absolute Gasteiger partial charge is 0.339 e. The lowest BCUT2D eigenvalue weighted by Gasteiger charge is -2.31. The van der Waals surface area contributed by atoms with Gasteiger partial charge >= 0.3 is 5.97 Å². The molecule has 1 N–H and O–H groups in total. The van der Waals surface area contributed by atoms with Gasteiger partial charge in [-0.3, -0.25) is 14.9 Å². The predicted molar refractivity (Wildman–Crippen MR) is 116 cm³/mol. The number of carbonyl (C=O) groups excluding carboxylic acids is 2. The van der Waals surface area contributed by atoms with E-state index in [4.69, 9.17) is 10.00 Å². The van der Waals surface area contributed by atoms with Gasteiger partial charge in [-0.05, 0) is 49.3 Å². The molecule has 1 aromatic heterocycles. The Balaban J connectivity index is 1.71. The number of anilines is 2. The number of nitro groups is 1. The zero-order valence-corrected chi connectivity index (χ0v) is 18.0. The minimum atomic E-state index is -1.15. The first-order chi connectivity index (χ1) is 14.8. The van der Waals surface area contributed by atoms with Crippen LogP contribution in [0.5, 0.6) is 0 Å². The molecule has 0 saturated carbocycles. The lowest BCUT2D eigenvalue weighted by atomic mass is 9.98. The number of benzene rings is 1. The van der Waals surface area contributed by atoms with E-state index in [1.807, 2.05) is 11.0 Å². The quantitative estimate of drug-likeness (QED) is 0.408. The molecule has 9 nitrogen and oxygen atoms in total. The van der Waals surface area contributed by atoms with Crippen LogP contribution in [0, 0.1) is 27.4 Å². The summed E-state index contributed by atoms with van der Waals surface area (Å²) in [5, 5.41) is 25.2. The zero-order chi connectivity index (χ0) is 22.5. The maximum Gasteiger partial charge on any atom is 0.339 e. The van der Waals surface area contributed by atoms with Gasteiger partial charge in [0.2, 0.25) is 0 Å². The molecule has 3 rings (SSSR count). The van der Waals surface area contributed by atoms with Gasteiger partial charge < -0.3 is 15.0 Å². The second-order valence-corrected chi connectivity index (χ2v) is 8.36. The predicted octanol–water partition coefficient (Wildman–Crippen LogP) is 3.95. The van der Waals surface area contributed by atoms with E-state index in [-0.39, 0.29) is 11.3 Å². The number of esters is 1. The number of nitrogens with one attached hydrogen (secondary N) is 1. The Morgan fingerprint density at radius 3 is 2.71 bits per heavy atom. The van der Waals surface area contributed by atoms with Crippen molar-refractivity contribution in [3.05, 3.63) is 50.9 Å². The SMILES string of the molecule is CC1CCN(c2ccc(C(=O)OC(C)C(=O)Nc3sccc3C#N)cc2[N+](=O)[O-])CC1. The minimum absolute atomic E-state index is 0.00526. The molecule has 1 atom stereocenters. The normalized spacial score (nSPS) is 15.1. The second-order valence-electron chi connectivity index (χ2n) is 7.44. The Morgan fingerprint density at radius 2 is 2.06 bits per heavy atom. The van der Waals surface area contributed by atoms with Crippen molar-refractivity contribution in [2.45, 2.75) is 32.8 Å². The van der Waals surface area contributed by atoms with Crippen LogP contribution in [0.1, 0.15) is 42.6 Å². The Morgan fingerprint density at radius 1 is 1.35 bits per heavy atom. The van der Waals surface area contributed by atoms with Crippen LogP contribution in [0.3, 0.4) is 0 Å². The number of hydrogen-bond acceptors (Lipinski definition) is 8. The summed E-state index contributed by atoms with van der Waals surface area (Å²) in [6, 6.07) is 7.74. The molecule has 2 aromatic rings. The Bertz CT molecular complexity index is 1040. The molecule has 31 heavy (non-hydrogen) atoms. The molecule has 1 aliphatic heterocycles. The average Bonchev–Trinajstić information content (AvgIpc) is 3.20. The van der Waals surface area contributed by atoms with E-state index in [1.165, 1.54) is 30.4 Å². The van der Waals surface area contributed by atoms with E-state index in [2.05, 4.69) is 12.2 Å². The molecule has 2 heterocycles. The van der Waals surface area contributed by atoms with Gasteiger partial charge in [0.05, 0.1) is 16.1 Å². The third-order valence-corrected chi connectivity index (χ3v) is 6.04. The van der Waals surface area contributed by atoms with E-state index in [0.29, 0.717) is 22.2 Å². The molecule has 0 aliphatic carbocycles. The molecule has 1 amide bonds. The van der Waals surface area contributed by atoms with Crippen molar-refractivity contribution in [3.63, 3.8) is 0 Å². The van der Waals surface area contributed by atoms with Crippen LogP contribution in [0.2, 0.25) is 0 Å². The number of hydrogen-bond donors (Lipinski definition) is 1. The summed E-state index contributed by atoms with van der Waals surface area (Å²) >= 11 is 1.18. The van der Waals surface area contributed by atoms with Crippen molar-refractivity contribution in [1.29, 1.82) is 5.26 Å². The minimum Gasteiger partial charge on any atom is -0.449 e. The van der Waals surface area contributed by atoms with Crippen molar-refractivity contribution in [3.8, 4) is 6.07 Å².